The average molecular weight is 287 g/mol. The van der Waals surface area contributed by atoms with Crippen LogP contribution in [0, 0.1) is 0 Å². The molecule has 0 aliphatic carbocycles. The summed E-state index contributed by atoms with van der Waals surface area (Å²) in [6.07, 6.45) is 0. The second kappa shape index (κ2) is 5.23. The first kappa shape index (κ1) is 12.1. The van der Waals surface area contributed by atoms with Gasteiger partial charge >= 0.3 is 0 Å². The number of benzene rings is 1. The third-order valence-electron chi connectivity index (χ3n) is 2.07. The zero-order valence-electron chi connectivity index (χ0n) is 8.24. The first-order valence-corrected chi connectivity index (χ1v) is 5.25. The smallest absolute Gasteiger partial charge is 0.285 e. The van der Waals surface area contributed by atoms with Gasteiger partial charge in [0.25, 0.3) is 5.91 Å². The Kier molecular flexibility index (Phi) is 4.23. The molecule has 5 heteroatoms. The lowest BCUT2D eigenvalue weighted by Gasteiger charge is -1.93. The molecule has 1 heterocycles. The van der Waals surface area contributed by atoms with Gasteiger partial charge in [0.05, 0.1) is 0 Å². The summed E-state index contributed by atoms with van der Waals surface area (Å²) in [5, 5.41) is 2.61. The molecule has 1 aromatic heterocycles. The van der Waals surface area contributed by atoms with Crippen molar-refractivity contribution in [3.05, 3.63) is 29.8 Å². The van der Waals surface area contributed by atoms with E-state index in [9.17, 15) is 4.79 Å². The van der Waals surface area contributed by atoms with E-state index in [0.29, 0.717) is 6.54 Å². The third kappa shape index (κ3) is 2.54. The van der Waals surface area contributed by atoms with Crippen molar-refractivity contribution in [2.75, 3.05) is 7.05 Å². The predicted molar refractivity (Wildman–Crippen MR) is 56.1 cm³/mol. The Morgan fingerprint density at radius 2 is 2.20 bits per heavy atom. The van der Waals surface area contributed by atoms with Gasteiger partial charge in [0, 0.05) is 13.1 Å². The van der Waals surface area contributed by atoms with Gasteiger partial charge in [0.15, 0.2) is 0 Å². The number of aromatic nitrogens is 1. The van der Waals surface area contributed by atoms with Gasteiger partial charge in [-0.15, -0.1) is 0 Å². The summed E-state index contributed by atoms with van der Waals surface area (Å²) in [7, 11) is 1.65. The van der Waals surface area contributed by atoms with Gasteiger partial charge in [-0.05, 0) is 6.07 Å². The summed E-state index contributed by atoms with van der Waals surface area (Å²) in [6.45, 7) is 0.389. The average Bonchev–Trinajstić information content (AvgIpc) is 2.62. The number of amides is 1. The summed E-state index contributed by atoms with van der Waals surface area (Å²) in [4.78, 5) is 11.2. The molecular formula is C10H11BrN2OS. The van der Waals surface area contributed by atoms with Crippen molar-refractivity contribution in [1.29, 1.82) is 0 Å². The van der Waals surface area contributed by atoms with Crippen LogP contribution in [0.4, 0.5) is 0 Å². The standard InChI is InChI=1S/C10H10N2OS.BrH/c1-11-10(13)6-12-7-14-9-5-3-2-4-8(9)12;/h2-5,7H,6H2,1H3;1H. The first-order valence-electron chi connectivity index (χ1n) is 4.37. The molecule has 1 N–H and O–H groups in total. The van der Waals surface area contributed by atoms with Crippen LogP contribution in [0.15, 0.2) is 29.8 Å². The number of hydrogen-bond donors (Lipinski definition) is 1. The Labute approximate surface area is 103 Å². The first-order chi connectivity index (χ1) is 6.81. The van der Waals surface area contributed by atoms with E-state index in [1.165, 1.54) is 4.70 Å². The number of carbonyl (C=O) groups is 1. The van der Waals surface area contributed by atoms with Crippen LogP contribution in [0.3, 0.4) is 0 Å². The van der Waals surface area contributed by atoms with Crippen molar-refractivity contribution >= 4 is 27.5 Å². The summed E-state index contributed by atoms with van der Waals surface area (Å²) in [5.41, 5.74) is 3.08. The van der Waals surface area contributed by atoms with Crippen LogP contribution >= 0.6 is 11.3 Å². The number of likely N-dealkylation sites (N-methyl/N-ethyl adjacent to an activating group) is 1. The zero-order chi connectivity index (χ0) is 9.97. The molecule has 0 aliphatic rings. The molecule has 0 spiro atoms. The van der Waals surface area contributed by atoms with Crippen molar-refractivity contribution in [2.45, 2.75) is 6.54 Å². The molecule has 0 bridgehead atoms. The Hall–Kier alpha value is -0.940. The van der Waals surface area contributed by atoms with Crippen LogP contribution < -0.4 is 26.9 Å². The van der Waals surface area contributed by atoms with E-state index in [2.05, 4.69) is 11.4 Å². The number of rotatable bonds is 2. The fraction of sp³-hybridized carbons (Fsp3) is 0.200. The Morgan fingerprint density at radius 3 is 2.93 bits per heavy atom. The van der Waals surface area contributed by atoms with Crippen molar-refractivity contribution in [3.63, 3.8) is 0 Å². The maximum Gasteiger partial charge on any atom is 0.285 e. The Balaban J connectivity index is 0.00000112. The van der Waals surface area contributed by atoms with Crippen LogP contribution in [0.5, 0.6) is 0 Å². The second-order valence-electron chi connectivity index (χ2n) is 2.99. The Bertz CT molecular complexity index is 469. The number of nitrogens with one attached hydrogen (secondary N) is 1. The fourth-order valence-electron chi connectivity index (χ4n) is 1.33. The molecule has 0 saturated heterocycles. The lowest BCUT2D eigenvalue weighted by atomic mass is 10.3. The highest BCUT2D eigenvalue weighted by atomic mass is 79.9. The molecular weight excluding hydrogens is 276 g/mol. The number of para-hydroxylation sites is 1. The molecule has 2 aromatic rings. The van der Waals surface area contributed by atoms with Gasteiger partial charge in [-0.1, -0.05) is 23.5 Å². The summed E-state index contributed by atoms with van der Waals surface area (Å²) >= 11 is 1.65. The lowest BCUT2D eigenvalue weighted by molar-refractivity contribution is -0.654. The number of halogens is 1. The van der Waals surface area contributed by atoms with E-state index in [1.54, 1.807) is 18.4 Å². The van der Waals surface area contributed by atoms with Crippen LogP contribution in [-0.2, 0) is 11.3 Å². The summed E-state index contributed by atoms with van der Waals surface area (Å²) in [6, 6.07) is 8.06. The van der Waals surface area contributed by atoms with Gasteiger partial charge in [-0.25, -0.2) is 0 Å². The van der Waals surface area contributed by atoms with Crippen molar-refractivity contribution in [1.82, 2.24) is 5.32 Å². The van der Waals surface area contributed by atoms with E-state index in [1.807, 2.05) is 28.3 Å². The molecule has 2 rings (SSSR count). The van der Waals surface area contributed by atoms with Crippen LogP contribution in [0.25, 0.3) is 10.2 Å². The highest BCUT2D eigenvalue weighted by Gasteiger charge is 2.13. The quantitative estimate of drug-likeness (QED) is 0.633. The molecule has 0 aliphatic heterocycles. The Morgan fingerprint density at radius 1 is 1.47 bits per heavy atom. The monoisotopic (exact) mass is 286 g/mol. The second-order valence-corrected chi connectivity index (χ2v) is 3.88. The number of carbonyl (C=O) groups excluding carboxylic acids is 1. The van der Waals surface area contributed by atoms with E-state index < -0.39 is 0 Å². The zero-order valence-corrected chi connectivity index (χ0v) is 10.6. The van der Waals surface area contributed by atoms with E-state index in [-0.39, 0.29) is 22.9 Å². The highest BCUT2D eigenvalue weighted by Crippen LogP contribution is 2.14. The van der Waals surface area contributed by atoms with Gasteiger partial charge in [0.2, 0.25) is 17.6 Å². The minimum atomic E-state index is 0. The maximum absolute atomic E-state index is 11.2. The molecule has 15 heavy (non-hydrogen) atoms. The van der Waals surface area contributed by atoms with Gasteiger partial charge < -0.3 is 22.3 Å². The van der Waals surface area contributed by atoms with Gasteiger partial charge in [0.1, 0.15) is 4.70 Å². The molecule has 1 amide bonds. The number of nitrogens with zero attached hydrogens (tertiary/aromatic N) is 1. The van der Waals surface area contributed by atoms with Crippen LogP contribution in [0.2, 0.25) is 0 Å². The van der Waals surface area contributed by atoms with Crippen molar-refractivity contribution in [2.24, 2.45) is 0 Å². The van der Waals surface area contributed by atoms with Crippen LogP contribution in [0.1, 0.15) is 0 Å². The van der Waals surface area contributed by atoms with Gasteiger partial charge in [-0.2, -0.15) is 4.57 Å². The molecule has 0 fully saturated rings. The van der Waals surface area contributed by atoms with Gasteiger partial charge in [-0.3, -0.25) is 4.79 Å². The summed E-state index contributed by atoms with van der Waals surface area (Å²) in [5.74, 6) is 0.0264. The summed E-state index contributed by atoms with van der Waals surface area (Å²) < 4.78 is 3.16. The molecule has 0 atom stereocenters. The molecule has 0 unspecified atom stereocenters. The van der Waals surface area contributed by atoms with E-state index in [4.69, 9.17) is 0 Å². The lowest BCUT2D eigenvalue weighted by Crippen LogP contribution is -3.00. The highest BCUT2D eigenvalue weighted by molar-refractivity contribution is 7.16. The third-order valence-corrected chi connectivity index (χ3v) is 3.03. The van der Waals surface area contributed by atoms with E-state index in [0.717, 1.165) is 5.52 Å². The largest absolute Gasteiger partial charge is 1.00 e. The van der Waals surface area contributed by atoms with Crippen molar-refractivity contribution in [3.8, 4) is 0 Å². The number of thiazole rings is 1. The van der Waals surface area contributed by atoms with Crippen molar-refractivity contribution < 1.29 is 26.3 Å². The molecule has 1 aromatic carbocycles. The van der Waals surface area contributed by atoms with E-state index >= 15 is 0 Å². The molecule has 0 saturated carbocycles. The number of fused-ring (bicyclic) bond motifs is 1. The minimum Gasteiger partial charge on any atom is -1.00 e. The minimum absolute atomic E-state index is 0. The fourth-order valence-corrected chi connectivity index (χ4v) is 2.22. The molecule has 3 nitrogen and oxygen atoms in total. The maximum atomic E-state index is 11.2. The number of hydrogen-bond acceptors (Lipinski definition) is 2. The normalized spacial score (nSPS) is 9.67. The molecule has 80 valence electrons. The SMILES string of the molecule is CNC(=O)C[n+]1csc2ccccc21.[Br-]. The topological polar surface area (TPSA) is 33.0 Å². The molecule has 0 radical (unpaired) electrons. The van der Waals surface area contributed by atoms with Crippen LogP contribution in [-0.4, -0.2) is 13.0 Å². The predicted octanol–water partition coefficient (Wildman–Crippen LogP) is -2.06.